The van der Waals surface area contributed by atoms with Crippen LogP contribution in [0.2, 0.25) is 0 Å². The first-order valence-electron chi connectivity index (χ1n) is 8.39. The van der Waals surface area contributed by atoms with E-state index in [9.17, 15) is 13.2 Å². The maximum absolute atomic E-state index is 12.2. The van der Waals surface area contributed by atoms with E-state index >= 15 is 0 Å². The number of carbonyl (C=O) groups is 1. The van der Waals surface area contributed by atoms with Crippen molar-refractivity contribution in [3.63, 3.8) is 0 Å². The minimum absolute atomic E-state index is 0.110. The molecule has 24 heavy (non-hydrogen) atoms. The molecule has 0 spiro atoms. The van der Waals surface area contributed by atoms with Crippen LogP contribution in [-0.2, 0) is 9.84 Å². The summed E-state index contributed by atoms with van der Waals surface area (Å²) in [5, 5.41) is 2.87. The Morgan fingerprint density at radius 2 is 2.12 bits per heavy atom. The summed E-state index contributed by atoms with van der Waals surface area (Å²) < 4.78 is 23.3. The van der Waals surface area contributed by atoms with Gasteiger partial charge in [-0.15, -0.1) is 0 Å². The normalized spacial score (nSPS) is 19.2. The van der Waals surface area contributed by atoms with Gasteiger partial charge in [-0.3, -0.25) is 4.79 Å². The van der Waals surface area contributed by atoms with Gasteiger partial charge in [-0.25, -0.2) is 18.4 Å². The summed E-state index contributed by atoms with van der Waals surface area (Å²) in [5.74, 6) is 0.485. The van der Waals surface area contributed by atoms with Gasteiger partial charge in [0.25, 0.3) is 5.91 Å². The van der Waals surface area contributed by atoms with Gasteiger partial charge in [-0.2, -0.15) is 0 Å². The first-order valence-corrected chi connectivity index (χ1v) is 10.2. The van der Waals surface area contributed by atoms with Gasteiger partial charge < -0.3 is 10.2 Å². The topological polar surface area (TPSA) is 92.3 Å². The molecule has 1 atom stereocenters. The molecule has 1 aliphatic heterocycles. The largest absolute Gasteiger partial charge is 0.351 e. The van der Waals surface area contributed by atoms with Crippen molar-refractivity contribution in [1.29, 1.82) is 0 Å². The molecule has 0 radical (unpaired) electrons. The van der Waals surface area contributed by atoms with Crippen molar-refractivity contribution in [2.75, 3.05) is 30.0 Å². The van der Waals surface area contributed by atoms with Crippen LogP contribution in [0.5, 0.6) is 0 Å². The van der Waals surface area contributed by atoms with Crippen LogP contribution in [-0.4, -0.2) is 55.4 Å². The van der Waals surface area contributed by atoms with E-state index in [0.29, 0.717) is 30.3 Å². The van der Waals surface area contributed by atoms with Crippen LogP contribution < -0.4 is 10.2 Å². The van der Waals surface area contributed by atoms with E-state index in [-0.39, 0.29) is 23.5 Å². The molecule has 1 unspecified atom stereocenters. The van der Waals surface area contributed by atoms with Crippen LogP contribution >= 0.6 is 0 Å². The Kier molecular flexibility index (Phi) is 6.15. The molecule has 8 heteroatoms. The maximum Gasteiger partial charge on any atom is 0.270 e. The van der Waals surface area contributed by atoms with E-state index in [1.54, 1.807) is 24.9 Å². The molecule has 0 bridgehead atoms. The monoisotopic (exact) mass is 354 g/mol. The van der Waals surface area contributed by atoms with Crippen molar-refractivity contribution in [3.8, 4) is 0 Å². The van der Waals surface area contributed by atoms with Crippen LogP contribution in [0, 0.1) is 6.92 Å². The van der Waals surface area contributed by atoms with Gasteiger partial charge in [0.1, 0.15) is 5.69 Å². The molecule has 2 heterocycles. The lowest BCUT2D eigenvalue weighted by Crippen LogP contribution is -2.35. The first kappa shape index (κ1) is 18.6. The number of rotatable bonds is 7. The predicted octanol–water partition coefficient (Wildman–Crippen LogP) is 1.33. The van der Waals surface area contributed by atoms with Crippen LogP contribution in [0.15, 0.2) is 6.07 Å². The SMILES string of the molecule is CCCCCNC(=O)c1cc(C)nc(N(C)C2CCS(=O)(=O)C2)n1. The number of aromatic nitrogens is 2. The van der Waals surface area contributed by atoms with Gasteiger partial charge in [0.05, 0.1) is 11.5 Å². The van der Waals surface area contributed by atoms with Gasteiger partial charge in [-0.1, -0.05) is 19.8 Å². The smallest absolute Gasteiger partial charge is 0.270 e. The number of nitrogens with zero attached hydrogens (tertiary/aromatic N) is 3. The number of anilines is 1. The average Bonchev–Trinajstić information content (AvgIpc) is 2.90. The number of hydrogen-bond donors (Lipinski definition) is 1. The zero-order valence-corrected chi connectivity index (χ0v) is 15.4. The Bertz CT molecular complexity index is 691. The molecular formula is C16H26N4O3S. The lowest BCUT2D eigenvalue weighted by atomic mass is 10.2. The molecule has 1 fully saturated rings. The number of amides is 1. The first-order chi connectivity index (χ1) is 11.3. The van der Waals surface area contributed by atoms with E-state index in [2.05, 4.69) is 22.2 Å². The molecule has 1 aromatic rings. The molecule has 1 amide bonds. The van der Waals surface area contributed by atoms with Crippen molar-refractivity contribution >= 4 is 21.7 Å². The Morgan fingerprint density at radius 1 is 1.38 bits per heavy atom. The van der Waals surface area contributed by atoms with Crippen molar-refractivity contribution in [3.05, 3.63) is 17.5 Å². The second-order valence-electron chi connectivity index (χ2n) is 6.33. The summed E-state index contributed by atoms with van der Waals surface area (Å²) in [6.45, 7) is 4.54. The zero-order chi connectivity index (χ0) is 17.7. The minimum atomic E-state index is -2.98. The van der Waals surface area contributed by atoms with Crippen LogP contribution in [0.4, 0.5) is 5.95 Å². The van der Waals surface area contributed by atoms with Gasteiger partial charge in [0.15, 0.2) is 9.84 Å². The summed E-state index contributed by atoms with van der Waals surface area (Å²) >= 11 is 0. The number of unbranched alkanes of at least 4 members (excludes halogenated alkanes) is 2. The third kappa shape index (κ3) is 4.90. The molecule has 7 nitrogen and oxygen atoms in total. The van der Waals surface area contributed by atoms with Gasteiger partial charge >= 0.3 is 0 Å². The standard InChI is InChI=1S/C16H26N4O3S/c1-4-5-6-8-17-15(21)14-10-12(2)18-16(19-14)20(3)13-7-9-24(22,23)11-13/h10,13H,4-9,11H2,1-3H3,(H,17,21). The Balaban J connectivity index is 2.09. The van der Waals surface area contributed by atoms with Crippen molar-refractivity contribution in [2.45, 2.75) is 45.6 Å². The fraction of sp³-hybridized carbons (Fsp3) is 0.688. The Labute approximate surface area is 143 Å². The van der Waals surface area contributed by atoms with Crippen LogP contribution in [0.1, 0.15) is 48.8 Å². The lowest BCUT2D eigenvalue weighted by molar-refractivity contribution is 0.0947. The molecule has 0 aliphatic carbocycles. The van der Waals surface area contributed by atoms with Gasteiger partial charge in [0, 0.05) is 25.3 Å². The molecule has 134 valence electrons. The highest BCUT2D eigenvalue weighted by Crippen LogP contribution is 2.20. The molecule has 1 saturated heterocycles. The number of sulfone groups is 1. The summed E-state index contributed by atoms with van der Waals surface area (Å²) in [6, 6.07) is 1.51. The number of aryl methyl sites for hydroxylation is 1. The average molecular weight is 354 g/mol. The number of carbonyl (C=O) groups excluding carboxylic acids is 1. The van der Waals surface area contributed by atoms with E-state index < -0.39 is 9.84 Å². The maximum atomic E-state index is 12.2. The van der Waals surface area contributed by atoms with E-state index in [1.165, 1.54) is 0 Å². The minimum Gasteiger partial charge on any atom is -0.351 e. The van der Waals surface area contributed by atoms with Crippen molar-refractivity contribution in [1.82, 2.24) is 15.3 Å². The Hall–Kier alpha value is -1.70. The molecule has 1 aliphatic rings. The summed E-state index contributed by atoms with van der Waals surface area (Å²) in [6.07, 6.45) is 3.68. The summed E-state index contributed by atoms with van der Waals surface area (Å²) in [4.78, 5) is 22.7. The second kappa shape index (κ2) is 7.92. The van der Waals surface area contributed by atoms with E-state index in [4.69, 9.17) is 0 Å². The predicted molar refractivity (Wildman–Crippen MR) is 94.1 cm³/mol. The van der Waals surface area contributed by atoms with Crippen LogP contribution in [0.25, 0.3) is 0 Å². The Morgan fingerprint density at radius 3 is 2.75 bits per heavy atom. The molecule has 1 aromatic heterocycles. The van der Waals surface area contributed by atoms with Crippen molar-refractivity contribution < 1.29 is 13.2 Å². The number of hydrogen-bond acceptors (Lipinski definition) is 6. The summed E-state index contributed by atoms with van der Waals surface area (Å²) in [7, 11) is -1.20. The third-order valence-corrected chi connectivity index (χ3v) is 5.96. The quantitative estimate of drug-likeness (QED) is 0.743. The molecular weight excluding hydrogens is 328 g/mol. The molecule has 2 rings (SSSR count). The van der Waals surface area contributed by atoms with E-state index in [1.807, 2.05) is 0 Å². The fourth-order valence-electron chi connectivity index (χ4n) is 2.74. The molecule has 0 aromatic carbocycles. The molecule has 0 saturated carbocycles. The zero-order valence-electron chi connectivity index (χ0n) is 14.6. The van der Waals surface area contributed by atoms with Gasteiger partial charge in [-0.05, 0) is 25.8 Å². The summed E-state index contributed by atoms with van der Waals surface area (Å²) in [5.41, 5.74) is 1.01. The van der Waals surface area contributed by atoms with Crippen LogP contribution in [0.3, 0.4) is 0 Å². The van der Waals surface area contributed by atoms with Gasteiger partial charge in [0.2, 0.25) is 5.95 Å². The molecule has 1 N–H and O–H groups in total. The second-order valence-corrected chi connectivity index (χ2v) is 8.55. The lowest BCUT2D eigenvalue weighted by Gasteiger charge is -2.23. The highest BCUT2D eigenvalue weighted by Gasteiger charge is 2.32. The van der Waals surface area contributed by atoms with E-state index in [0.717, 1.165) is 19.3 Å². The van der Waals surface area contributed by atoms with Crippen molar-refractivity contribution in [2.24, 2.45) is 0 Å². The fourth-order valence-corrected chi connectivity index (χ4v) is 4.51. The highest BCUT2D eigenvalue weighted by atomic mass is 32.2. The number of nitrogens with one attached hydrogen (secondary N) is 1. The third-order valence-electron chi connectivity index (χ3n) is 4.21. The highest BCUT2D eigenvalue weighted by molar-refractivity contribution is 7.91.